The fourth-order valence-corrected chi connectivity index (χ4v) is 4.30. The Morgan fingerprint density at radius 2 is 2.00 bits per heavy atom. The van der Waals surface area contributed by atoms with Gasteiger partial charge in [0.2, 0.25) is 10.0 Å². The van der Waals surface area contributed by atoms with E-state index in [0.29, 0.717) is 6.07 Å². The Balaban J connectivity index is 2.20. The molecule has 1 aliphatic rings. The lowest BCUT2D eigenvalue weighted by atomic mass is 9.84. The summed E-state index contributed by atoms with van der Waals surface area (Å²) in [6, 6.07) is 1.29. The minimum atomic E-state index is -4.03. The molecule has 1 aromatic carbocycles. The van der Waals surface area contributed by atoms with Gasteiger partial charge in [-0.2, -0.15) is 11.8 Å². The van der Waals surface area contributed by atoms with Gasteiger partial charge in [-0.3, -0.25) is 0 Å². The first-order valence-corrected chi connectivity index (χ1v) is 8.80. The van der Waals surface area contributed by atoms with Crippen LogP contribution in [-0.2, 0) is 10.0 Å². The van der Waals surface area contributed by atoms with Gasteiger partial charge in [-0.15, -0.1) is 0 Å². The number of halogens is 2. The first-order valence-electron chi connectivity index (χ1n) is 6.09. The van der Waals surface area contributed by atoms with E-state index in [1.54, 1.807) is 11.8 Å². The van der Waals surface area contributed by atoms with Crippen molar-refractivity contribution >= 4 is 27.5 Å². The van der Waals surface area contributed by atoms with Crippen LogP contribution in [-0.4, -0.2) is 26.0 Å². The molecule has 0 unspecified atom stereocenters. The minimum absolute atomic E-state index is 0.116. The van der Waals surface area contributed by atoms with Gasteiger partial charge in [-0.25, -0.2) is 21.9 Å². The molecule has 0 amide bonds. The second-order valence-electron chi connectivity index (χ2n) is 4.87. The molecule has 0 aliphatic heterocycles. The number of hydrogen-bond donors (Lipinski definition) is 2. The Labute approximate surface area is 121 Å². The number of nitrogens with two attached hydrogens (primary N) is 1. The highest BCUT2D eigenvalue weighted by molar-refractivity contribution is 8.00. The summed E-state index contributed by atoms with van der Waals surface area (Å²) >= 11 is 1.60. The van der Waals surface area contributed by atoms with Crippen LogP contribution in [0.5, 0.6) is 0 Å². The van der Waals surface area contributed by atoms with Crippen LogP contribution in [0.15, 0.2) is 17.0 Å². The van der Waals surface area contributed by atoms with Crippen LogP contribution >= 0.6 is 11.8 Å². The quantitative estimate of drug-likeness (QED) is 0.815. The predicted molar refractivity (Wildman–Crippen MR) is 76.1 cm³/mol. The van der Waals surface area contributed by atoms with E-state index in [2.05, 4.69) is 4.72 Å². The highest BCUT2D eigenvalue weighted by Crippen LogP contribution is 2.42. The Kier molecular flexibility index (Phi) is 4.27. The fraction of sp³-hybridized carbons (Fsp3) is 0.500. The number of thioether (sulfide) groups is 1. The molecule has 1 aromatic rings. The zero-order valence-corrected chi connectivity index (χ0v) is 12.6. The van der Waals surface area contributed by atoms with Crippen molar-refractivity contribution in [3.05, 3.63) is 23.8 Å². The monoisotopic (exact) mass is 322 g/mol. The Morgan fingerprint density at radius 1 is 1.35 bits per heavy atom. The molecule has 0 aromatic heterocycles. The maximum absolute atomic E-state index is 13.6. The summed E-state index contributed by atoms with van der Waals surface area (Å²) in [7, 11) is -4.03. The van der Waals surface area contributed by atoms with Gasteiger partial charge in [0.1, 0.15) is 16.5 Å². The maximum atomic E-state index is 13.6. The molecule has 4 nitrogen and oxygen atoms in total. The van der Waals surface area contributed by atoms with Crippen molar-refractivity contribution in [3.8, 4) is 0 Å². The lowest BCUT2D eigenvalue weighted by Crippen LogP contribution is -2.45. The van der Waals surface area contributed by atoms with E-state index < -0.39 is 32.2 Å². The van der Waals surface area contributed by atoms with Gasteiger partial charge < -0.3 is 5.73 Å². The van der Waals surface area contributed by atoms with Crippen LogP contribution in [0.4, 0.5) is 14.5 Å². The molecule has 0 spiro atoms. The smallest absolute Gasteiger partial charge is 0.243 e. The van der Waals surface area contributed by atoms with Crippen LogP contribution in [0.25, 0.3) is 0 Å². The number of nitrogen functional groups attached to an aromatic ring is 1. The maximum Gasteiger partial charge on any atom is 0.243 e. The zero-order chi connectivity index (χ0) is 15.0. The lowest BCUT2D eigenvalue weighted by molar-refractivity contribution is 0.361. The second-order valence-corrected chi connectivity index (χ2v) is 7.88. The van der Waals surface area contributed by atoms with Crippen molar-refractivity contribution in [1.29, 1.82) is 0 Å². The summed E-state index contributed by atoms with van der Waals surface area (Å²) in [5, 5.41) is 0. The molecule has 0 saturated heterocycles. The Bertz CT molecular complexity index is 611. The molecule has 20 heavy (non-hydrogen) atoms. The summed E-state index contributed by atoms with van der Waals surface area (Å²) in [6.07, 6.45) is 4.82. The standard InChI is InChI=1S/C12H16F2N2O2S2/c1-19-12(3-2-4-12)7-16-20(17,18)11-6-10(15)8(13)5-9(11)14/h5-6,16H,2-4,7,15H2,1H3. The van der Waals surface area contributed by atoms with E-state index in [4.69, 9.17) is 5.73 Å². The van der Waals surface area contributed by atoms with Crippen molar-refractivity contribution < 1.29 is 17.2 Å². The van der Waals surface area contributed by atoms with Crippen LogP contribution in [0.3, 0.4) is 0 Å². The number of anilines is 1. The van der Waals surface area contributed by atoms with E-state index in [9.17, 15) is 17.2 Å². The molecular formula is C12H16F2N2O2S2. The predicted octanol–water partition coefficient (Wildman–Crippen LogP) is 2.11. The van der Waals surface area contributed by atoms with Gasteiger partial charge in [0.05, 0.1) is 5.69 Å². The zero-order valence-electron chi connectivity index (χ0n) is 10.9. The molecular weight excluding hydrogens is 306 g/mol. The van der Waals surface area contributed by atoms with E-state index >= 15 is 0 Å². The molecule has 1 aliphatic carbocycles. The van der Waals surface area contributed by atoms with Crippen LogP contribution in [0.1, 0.15) is 19.3 Å². The molecule has 112 valence electrons. The van der Waals surface area contributed by atoms with E-state index in [1.807, 2.05) is 6.26 Å². The minimum Gasteiger partial charge on any atom is -0.396 e. The third-order valence-electron chi connectivity index (χ3n) is 3.62. The van der Waals surface area contributed by atoms with Gasteiger partial charge in [-0.05, 0) is 25.2 Å². The molecule has 0 heterocycles. The summed E-state index contributed by atoms with van der Waals surface area (Å²) in [5.41, 5.74) is 4.90. The second kappa shape index (κ2) is 5.50. The largest absolute Gasteiger partial charge is 0.396 e. The normalized spacial score (nSPS) is 17.8. The van der Waals surface area contributed by atoms with E-state index in [-0.39, 0.29) is 11.3 Å². The number of benzene rings is 1. The van der Waals surface area contributed by atoms with E-state index in [0.717, 1.165) is 25.3 Å². The van der Waals surface area contributed by atoms with Crippen molar-refractivity contribution in [3.63, 3.8) is 0 Å². The molecule has 0 bridgehead atoms. The molecule has 1 saturated carbocycles. The molecule has 2 rings (SSSR count). The molecule has 0 atom stereocenters. The molecule has 0 radical (unpaired) electrons. The topological polar surface area (TPSA) is 72.2 Å². The summed E-state index contributed by atoms with van der Waals surface area (Å²) in [6.45, 7) is 0.229. The Morgan fingerprint density at radius 3 is 2.50 bits per heavy atom. The SMILES string of the molecule is CSC1(CNS(=O)(=O)c2cc(N)c(F)cc2F)CCC1. The average Bonchev–Trinajstić information content (AvgIpc) is 2.32. The van der Waals surface area contributed by atoms with E-state index in [1.165, 1.54) is 0 Å². The van der Waals surface area contributed by atoms with Gasteiger partial charge in [0.25, 0.3) is 0 Å². The number of hydrogen-bond acceptors (Lipinski definition) is 4. The summed E-state index contributed by atoms with van der Waals surface area (Å²) in [5.74, 6) is -2.11. The van der Waals surface area contributed by atoms with Gasteiger partial charge in [0.15, 0.2) is 0 Å². The molecule has 3 N–H and O–H groups in total. The van der Waals surface area contributed by atoms with Gasteiger partial charge in [-0.1, -0.05) is 6.42 Å². The number of sulfonamides is 1. The van der Waals surface area contributed by atoms with Crippen LogP contribution in [0.2, 0.25) is 0 Å². The third-order valence-corrected chi connectivity index (χ3v) is 6.46. The van der Waals surface area contributed by atoms with Crippen LogP contribution in [0, 0.1) is 11.6 Å². The van der Waals surface area contributed by atoms with Crippen LogP contribution < -0.4 is 10.5 Å². The van der Waals surface area contributed by atoms with Gasteiger partial charge in [0, 0.05) is 17.4 Å². The number of rotatable bonds is 5. The highest BCUT2D eigenvalue weighted by Gasteiger charge is 2.37. The fourth-order valence-electron chi connectivity index (χ4n) is 2.08. The number of nitrogens with one attached hydrogen (secondary N) is 1. The van der Waals surface area contributed by atoms with Crippen molar-refractivity contribution in [1.82, 2.24) is 4.72 Å². The molecule has 8 heteroatoms. The first-order chi connectivity index (χ1) is 9.30. The highest BCUT2D eigenvalue weighted by atomic mass is 32.2. The Hall–Kier alpha value is -0.860. The third kappa shape index (κ3) is 2.91. The van der Waals surface area contributed by atoms with Crippen molar-refractivity contribution in [2.45, 2.75) is 28.9 Å². The summed E-state index contributed by atoms with van der Waals surface area (Å²) in [4.78, 5) is -0.619. The average molecular weight is 322 g/mol. The molecule has 1 fully saturated rings. The van der Waals surface area contributed by atoms with Gasteiger partial charge >= 0.3 is 0 Å². The van der Waals surface area contributed by atoms with Crippen molar-refractivity contribution in [2.24, 2.45) is 0 Å². The first kappa shape index (κ1) is 15.5. The van der Waals surface area contributed by atoms with Crippen molar-refractivity contribution in [2.75, 3.05) is 18.5 Å². The lowest BCUT2D eigenvalue weighted by Gasteiger charge is -2.40. The summed E-state index contributed by atoms with van der Waals surface area (Å²) < 4.78 is 53.1.